The summed E-state index contributed by atoms with van der Waals surface area (Å²) < 4.78 is 18.0. The van der Waals surface area contributed by atoms with E-state index in [2.05, 4.69) is 22.0 Å². The van der Waals surface area contributed by atoms with Crippen LogP contribution in [0.1, 0.15) is 18.4 Å². The molecular formula is C28H33N5O6. The van der Waals surface area contributed by atoms with E-state index in [1.54, 1.807) is 13.1 Å². The van der Waals surface area contributed by atoms with Gasteiger partial charge in [0.25, 0.3) is 5.91 Å². The molecule has 1 aliphatic rings. The molecular weight excluding hydrogens is 502 g/mol. The van der Waals surface area contributed by atoms with Crippen LogP contribution < -0.4 is 21.7 Å². The first-order valence-corrected chi connectivity index (χ1v) is 13.0. The zero-order chi connectivity index (χ0) is 27.6. The van der Waals surface area contributed by atoms with Gasteiger partial charge < -0.3 is 29.8 Å². The van der Waals surface area contributed by atoms with Crippen LogP contribution in [0.4, 0.5) is 0 Å². The molecule has 11 heteroatoms. The molecule has 1 saturated heterocycles. The molecule has 4 rings (SSSR count). The zero-order valence-electron chi connectivity index (χ0n) is 21.9. The average Bonchev–Trinajstić information content (AvgIpc) is 3.10. The Morgan fingerprint density at radius 2 is 2.00 bits per heavy atom. The summed E-state index contributed by atoms with van der Waals surface area (Å²) in [5.74, 6) is -0.864. The van der Waals surface area contributed by atoms with Crippen molar-refractivity contribution in [3.05, 3.63) is 58.6 Å². The molecule has 1 fully saturated rings. The molecule has 0 aliphatic carbocycles. The summed E-state index contributed by atoms with van der Waals surface area (Å²) in [7, 11) is 1.57. The van der Waals surface area contributed by atoms with Gasteiger partial charge in [-0.15, -0.1) is 0 Å². The largest absolute Gasteiger partial charge is 0.420 e. The number of carbonyl (C=O) groups excluding carboxylic acids is 2. The highest BCUT2D eigenvalue weighted by atomic mass is 16.5. The number of aromatic nitrogens is 1. The smallest absolute Gasteiger partial charge is 0.408 e. The minimum atomic E-state index is -0.675. The van der Waals surface area contributed by atoms with E-state index < -0.39 is 17.9 Å². The van der Waals surface area contributed by atoms with Gasteiger partial charge in [0.2, 0.25) is 5.91 Å². The summed E-state index contributed by atoms with van der Waals surface area (Å²) in [6, 6.07) is 14.7. The molecule has 0 spiro atoms. The highest BCUT2D eigenvalue weighted by Gasteiger charge is 2.23. The van der Waals surface area contributed by atoms with Crippen LogP contribution in [0.15, 0.2) is 51.7 Å². The molecule has 0 unspecified atom stereocenters. The molecule has 0 bridgehead atoms. The third-order valence-corrected chi connectivity index (χ3v) is 6.52. The molecule has 0 saturated carbocycles. The SMILES string of the molecule is CNC(=O)CCOCCn1c(=O)oc2ccc(-c3ccc(C[C@@H](C#N)NC(=O)[C@@H]4CNCCCO4)cc3)cc21. The predicted octanol–water partition coefficient (Wildman–Crippen LogP) is 1.34. The third-order valence-electron chi connectivity index (χ3n) is 6.52. The number of fused-ring (bicyclic) bond motifs is 1. The first-order chi connectivity index (χ1) is 19.0. The third kappa shape index (κ3) is 7.54. The van der Waals surface area contributed by atoms with Crippen molar-refractivity contribution in [2.45, 2.75) is 38.0 Å². The summed E-state index contributed by atoms with van der Waals surface area (Å²) in [4.78, 5) is 36.2. The van der Waals surface area contributed by atoms with Gasteiger partial charge in [-0.05, 0) is 41.8 Å². The molecule has 39 heavy (non-hydrogen) atoms. The van der Waals surface area contributed by atoms with Crippen molar-refractivity contribution in [1.82, 2.24) is 20.5 Å². The number of ether oxygens (including phenoxy) is 2. The fourth-order valence-electron chi connectivity index (χ4n) is 4.35. The Labute approximate surface area is 226 Å². The average molecular weight is 536 g/mol. The van der Waals surface area contributed by atoms with Crippen LogP contribution in [-0.4, -0.2) is 68.5 Å². The van der Waals surface area contributed by atoms with Gasteiger partial charge in [-0.2, -0.15) is 5.26 Å². The molecule has 206 valence electrons. The van der Waals surface area contributed by atoms with Crippen molar-refractivity contribution >= 4 is 22.9 Å². The van der Waals surface area contributed by atoms with E-state index in [0.717, 1.165) is 29.7 Å². The number of carbonyl (C=O) groups is 2. The van der Waals surface area contributed by atoms with Gasteiger partial charge in [0.15, 0.2) is 5.58 Å². The lowest BCUT2D eigenvalue weighted by molar-refractivity contribution is -0.132. The maximum atomic E-state index is 12.5. The second kappa shape index (κ2) is 13.7. The fraction of sp³-hybridized carbons (Fsp3) is 0.429. The van der Waals surface area contributed by atoms with Gasteiger partial charge in [0.05, 0.1) is 31.3 Å². The van der Waals surface area contributed by atoms with Crippen LogP contribution >= 0.6 is 0 Å². The van der Waals surface area contributed by atoms with Crippen LogP contribution in [0.25, 0.3) is 22.2 Å². The summed E-state index contributed by atoms with van der Waals surface area (Å²) in [6.45, 7) is 2.58. The second-order valence-corrected chi connectivity index (χ2v) is 9.25. The number of nitriles is 1. The lowest BCUT2D eigenvalue weighted by Crippen LogP contribution is -2.46. The van der Waals surface area contributed by atoms with Gasteiger partial charge in [-0.25, -0.2) is 4.79 Å². The molecule has 2 amide bonds. The number of hydrogen-bond donors (Lipinski definition) is 3. The van der Waals surface area contributed by atoms with Crippen LogP contribution in [0.2, 0.25) is 0 Å². The summed E-state index contributed by atoms with van der Waals surface area (Å²) in [6.07, 6.45) is 0.863. The molecule has 3 N–H and O–H groups in total. The first kappa shape index (κ1) is 28.0. The van der Waals surface area contributed by atoms with Crippen LogP contribution in [0, 0.1) is 11.3 Å². The number of nitrogens with zero attached hydrogens (tertiary/aromatic N) is 2. The van der Waals surface area contributed by atoms with Gasteiger partial charge in [0, 0.05) is 33.0 Å². The van der Waals surface area contributed by atoms with Gasteiger partial charge in [-0.1, -0.05) is 30.3 Å². The Morgan fingerprint density at radius 3 is 2.77 bits per heavy atom. The topological polar surface area (TPSA) is 148 Å². The van der Waals surface area contributed by atoms with Crippen molar-refractivity contribution in [3.8, 4) is 17.2 Å². The van der Waals surface area contributed by atoms with Crippen molar-refractivity contribution in [2.75, 3.05) is 40.0 Å². The minimum absolute atomic E-state index is 0.105. The number of amides is 2. The van der Waals surface area contributed by atoms with E-state index in [1.807, 2.05) is 36.4 Å². The predicted molar refractivity (Wildman–Crippen MR) is 144 cm³/mol. The number of rotatable bonds is 11. The molecule has 1 aromatic heterocycles. The van der Waals surface area contributed by atoms with Gasteiger partial charge in [-0.3, -0.25) is 14.2 Å². The highest BCUT2D eigenvalue weighted by Crippen LogP contribution is 2.25. The molecule has 2 heterocycles. The Balaban J connectivity index is 1.39. The number of hydrogen-bond acceptors (Lipinski definition) is 8. The molecule has 11 nitrogen and oxygen atoms in total. The highest BCUT2D eigenvalue weighted by molar-refractivity contribution is 5.82. The van der Waals surface area contributed by atoms with Crippen molar-refractivity contribution in [1.29, 1.82) is 5.26 Å². The molecule has 2 atom stereocenters. The molecule has 3 aromatic rings. The summed E-state index contributed by atoms with van der Waals surface area (Å²) >= 11 is 0. The van der Waals surface area contributed by atoms with E-state index in [-0.39, 0.29) is 31.4 Å². The lowest BCUT2D eigenvalue weighted by atomic mass is 10.0. The van der Waals surface area contributed by atoms with E-state index in [0.29, 0.717) is 37.2 Å². The molecule has 1 aliphatic heterocycles. The Morgan fingerprint density at radius 1 is 1.21 bits per heavy atom. The Hall–Kier alpha value is -3.98. The van der Waals surface area contributed by atoms with Gasteiger partial charge in [0.1, 0.15) is 12.1 Å². The maximum Gasteiger partial charge on any atom is 0.420 e. The number of nitrogens with one attached hydrogen (secondary N) is 3. The van der Waals surface area contributed by atoms with E-state index >= 15 is 0 Å². The zero-order valence-corrected chi connectivity index (χ0v) is 21.9. The molecule has 2 aromatic carbocycles. The van der Waals surface area contributed by atoms with Crippen LogP contribution in [-0.2, 0) is 32.0 Å². The monoisotopic (exact) mass is 535 g/mol. The number of oxazole rings is 1. The fourth-order valence-corrected chi connectivity index (χ4v) is 4.35. The normalized spacial score (nSPS) is 16.3. The minimum Gasteiger partial charge on any atom is -0.408 e. The van der Waals surface area contributed by atoms with Crippen LogP contribution in [0.3, 0.4) is 0 Å². The van der Waals surface area contributed by atoms with E-state index in [4.69, 9.17) is 13.9 Å². The summed E-state index contributed by atoms with van der Waals surface area (Å²) in [5.41, 5.74) is 3.86. The molecule has 0 radical (unpaired) electrons. The standard InChI is InChI=1S/C28H33N5O6/c1-30-26(34)9-13-37-14-11-33-23-16-21(7-8-24(23)39-28(33)36)20-5-3-19(4-6-20)15-22(17-29)32-27(35)25-18-31-10-2-12-38-25/h3-8,16,22,25,31H,2,9-15,18H2,1H3,(H,30,34)(H,32,35)/t22-,25-/m0/s1. The van der Waals surface area contributed by atoms with Crippen molar-refractivity contribution in [2.24, 2.45) is 0 Å². The van der Waals surface area contributed by atoms with Crippen molar-refractivity contribution in [3.63, 3.8) is 0 Å². The second-order valence-electron chi connectivity index (χ2n) is 9.25. The summed E-state index contributed by atoms with van der Waals surface area (Å²) in [5, 5.41) is 18.1. The van der Waals surface area contributed by atoms with E-state index in [9.17, 15) is 19.6 Å². The Bertz CT molecular complexity index is 1370. The number of benzene rings is 2. The van der Waals surface area contributed by atoms with E-state index in [1.165, 1.54) is 4.57 Å². The maximum absolute atomic E-state index is 12.5. The van der Waals surface area contributed by atoms with Crippen LogP contribution in [0.5, 0.6) is 0 Å². The lowest BCUT2D eigenvalue weighted by Gasteiger charge is -2.18. The van der Waals surface area contributed by atoms with Gasteiger partial charge >= 0.3 is 5.76 Å². The van der Waals surface area contributed by atoms with Crippen molar-refractivity contribution < 1.29 is 23.5 Å². The quantitative estimate of drug-likeness (QED) is 0.312. The first-order valence-electron chi connectivity index (χ1n) is 13.0. The Kier molecular flexibility index (Phi) is 9.85.